The molecule has 27 heavy (non-hydrogen) atoms. The summed E-state index contributed by atoms with van der Waals surface area (Å²) in [7, 11) is 0. The van der Waals surface area contributed by atoms with Gasteiger partial charge in [-0.3, -0.25) is 4.79 Å². The normalized spacial score (nSPS) is 10.8. The van der Waals surface area contributed by atoms with E-state index in [1.807, 2.05) is 18.2 Å². The number of carbonyl (C=O) groups is 1. The van der Waals surface area contributed by atoms with Crippen LogP contribution in [0.2, 0.25) is 0 Å². The average molecular weight is 384 g/mol. The van der Waals surface area contributed by atoms with Crippen LogP contribution in [0.3, 0.4) is 0 Å². The van der Waals surface area contributed by atoms with E-state index in [9.17, 15) is 9.18 Å². The van der Waals surface area contributed by atoms with E-state index in [2.05, 4.69) is 24.1 Å². The number of amides is 1. The van der Waals surface area contributed by atoms with Crippen LogP contribution < -0.4 is 5.32 Å². The molecule has 0 aliphatic heterocycles. The van der Waals surface area contributed by atoms with Crippen molar-refractivity contribution in [2.24, 2.45) is 0 Å². The summed E-state index contributed by atoms with van der Waals surface area (Å²) in [6.07, 6.45) is 3.30. The number of nitrogens with zero attached hydrogens (tertiary/aromatic N) is 1. The molecule has 0 bridgehead atoms. The lowest BCUT2D eigenvalue weighted by molar-refractivity contribution is -0.113. The molecule has 140 valence electrons. The van der Waals surface area contributed by atoms with Gasteiger partial charge in [-0.25, -0.2) is 9.37 Å². The maximum Gasteiger partial charge on any atom is 0.256 e. The van der Waals surface area contributed by atoms with Crippen LogP contribution in [0.15, 0.2) is 58.3 Å². The number of hydrogen-bond donors (Lipinski definition) is 1. The number of nitrogens with one attached hydrogen (secondary N) is 1. The number of hydrogen-bond acceptors (Lipinski definition) is 4. The first-order valence-electron chi connectivity index (χ1n) is 8.85. The molecule has 1 N–H and O–H groups in total. The van der Waals surface area contributed by atoms with Gasteiger partial charge < -0.3 is 9.73 Å². The molecule has 3 aromatic rings. The highest BCUT2D eigenvalue weighted by molar-refractivity contribution is 7.99. The number of oxazole rings is 1. The molecule has 0 atom stereocenters. The first kappa shape index (κ1) is 19.2. The number of rotatable bonds is 7. The van der Waals surface area contributed by atoms with E-state index >= 15 is 0 Å². The fourth-order valence-corrected chi connectivity index (χ4v) is 3.38. The van der Waals surface area contributed by atoms with E-state index in [0.29, 0.717) is 11.0 Å². The van der Waals surface area contributed by atoms with Crippen LogP contribution in [0.4, 0.5) is 10.1 Å². The van der Waals surface area contributed by atoms with Gasteiger partial charge >= 0.3 is 0 Å². The molecule has 0 aliphatic carbocycles. The Bertz CT molecular complexity index is 900. The van der Waals surface area contributed by atoms with Crippen LogP contribution in [-0.2, 0) is 17.6 Å². The third-order valence-electron chi connectivity index (χ3n) is 4.20. The number of aromatic nitrogens is 1. The van der Waals surface area contributed by atoms with Crippen LogP contribution in [0, 0.1) is 5.82 Å². The zero-order valence-electron chi connectivity index (χ0n) is 15.3. The molecule has 4 nitrogen and oxygen atoms in total. The zero-order chi connectivity index (χ0) is 19.2. The maximum absolute atomic E-state index is 13.0. The van der Waals surface area contributed by atoms with Crippen molar-refractivity contribution in [3.05, 3.63) is 65.6 Å². The predicted molar refractivity (Wildman–Crippen MR) is 106 cm³/mol. The van der Waals surface area contributed by atoms with E-state index in [4.69, 9.17) is 4.42 Å². The van der Waals surface area contributed by atoms with Crippen molar-refractivity contribution >= 4 is 23.4 Å². The van der Waals surface area contributed by atoms with Crippen molar-refractivity contribution in [1.82, 2.24) is 4.98 Å². The molecule has 2 aromatic carbocycles. The summed E-state index contributed by atoms with van der Waals surface area (Å²) in [6.45, 7) is 4.14. The highest BCUT2D eigenvalue weighted by atomic mass is 32.2. The Balaban J connectivity index is 1.63. The highest BCUT2D eigenvalue weighted by Gasteiger charge is 2.13. The number of benzene rings is 2. The van der Waals surface area contributed by atoms with Gasteiger partial charge in [-0.15, -0.1) is 0 Å². The van der Waals surface area contributed by atoms with Crippen molar-refractivity contribution in [1.29, 1.82) is 0 Å². The molecule has 0 radical (unpaired) electrons. The minimum Gasteiger partial charge on any atom is -0.431 e. The lowest BCUT2D eigenvalue weighted by Crippen LogP contribution is -2.16. The SMILES string of the molecule is CCc1cccc(CC)c1NC(=O)CSc1ncc(-c2ccc(F)cc2)o1. The highest BCUT2D eigenvalue weighted by Crippen LogP contribution is 2.27. The second-order valence-electron chi connectivity index (χ2n) is 5.99. The average Bonchev–Trinajstić information content (AvgIpc) is 3.16. The molecule has 0 fully saturated rings. The Kier molecular flexibility index (Phi) is 6.29. The first-order chi connectivity index (χ1) is 13.1. The van der Waals surface area contributed by atoms with Crippen LogP contribution in [0.5, 0.6) is 0 Å². The van der Waals surface area contributed by atoms with Gasteiger partial charge in [0, 0.05) is 11.3 Å². The summed E-state index contributed by atoms with van der Waals surface area (Å²) in [4.78, 5) is 16.6. The minimum absolute atomic E-state index is 0.0999. The van der Waals surface area contributed by atoms with Crippen molar-refractivity contribution in [3.8, 4) is 11.3 Å². The number of halogens is 1. The lowest BCUT2D eigenvalue weighted by Gasteiger charge is -2.14. The van der Waals surface area contributed by atoms with Crippen LogP contribution in [-0.4, -0.2) is 16.6 Å². The Morgan fingerprint density at radius 1 is 1.11 bits per heavy atom. The molecule has 1 aromatic heterocycles. The third kappa shape index (κ3) is 4.77. The molecule has 0 spiro atoms. The maximum atomic E-state index is 13.0. The van der Waals surface area contributed by atoms with Gasteiger partial charge in [-0.1, -0.05) is 43.8 Å². The standard InChI is InChI=1S/C21H21FN2O2S/c1-3-14-6-5-7-15(4-2)20(14)24-19(25)13-27-21-23-12-18(26-21)16-8-10-17(22)11-9-16/h5-12H,3-4,13H2,1-2H3,(H,24,25). The van der Waals surface area contributed by atoms with Crippen molar-refractivity contribution < 1.29 is 13.6 Å². The van der Waals surface area contributed by atoms with Gasteiger partial charge in [-0.05, 0) is 48.2 Å². The van der Waals surface area contributed by atoms with Gasteiger partial charge in [0.25, 0.3) is 5.22 Å². The van der Waals surface area contributed by atoms with E-state index in [1.54, 1.807) is 18.3 Å². The van der Waals surface area contributed by atoms with Crippen LogP contribution in [0.25, 0.3) is 11.3 Å². The van der Waals surface area contributed by atoms with E-state index in [0.717, 1.165) is 35.2 Å². The molecule has 1 heterocycles. The molecule has 0 aliphatic rings. The summed E-state index contributed by atoms with van der Waals surface area (Å²) in [5, 5.41) is 3.43. The smallest absolute Gasteiger partial charge is 0.256 e. The summed E-state index contributed by atoms with van der Waals surface area (Å²) in [5.74, 6) is 0.341. The van der Waals surface area contributed by atoms with Gasteiger partial charge in [0.15, 0.2) is 5.76 Å². The van der Waals surface area contributed by atoms with Gasteiger partial charge in [0.1, 0.15) is 5.82 Å². The number of aryl methyl sites for hydroxylation is 2. The predicted octanol–water partition coefficient (Wildman–Crippen LogP) is 5.34. The largest absolute Gasteiger partial charge is 0.431 e. The monoisotopic (exact) mass is 384 g/mol. The summed E-state index contributed by atoms with van der Waals surface area (Å²) in [6, 6.07) is 12.1. The fraction of sp³-hybridized carbons (Fsp3) is 0.238. The zero-order valence-corrected chi connectivity index (χ0v) is 16.1. The van der Waals surface area contributed by atoms with E-state index in [-0.39, 0.29) is 17.5 Å². The Hall–Kier alpha value is -2.60. The number of anilines is 1. The first-order valence-corrected chi connectivity index (χ1v) is 9.84. The molecule has 3 rings (SSSR count). The van der Waals surface area contributed by atoms with Crippen molar-refractivity contribution in [3.63, 3.8) is 0 Å². The molecular formula is C21H21FN2O2S. The van der Waals surface area contributed by atoms with E-state index in [1.165, 1.54) is 23.9 Å². The molecule has 1 amide bonds. The van der Waals surface area contributed by atoms with Crippen LogP contribution >= 0.6 is 11.8 Å². The second-order valence-corrected chi connectivity index (χ2v) is 6.92. The number of thioether (sulfide) groups is 1. The van der Waals surface area contributed by atoms with Crippen molar-refractivity contribution in [2.45, 2.75) is 31.9 Å². The molecule has 0 saturated carbocycles. The second kappa shape index (κ2) is 8.86. The van der Waals surface area contributed by atoms with E-state index < -0.39 is 0 Å². The Morgan fingerprint density at radius 2 is 1.78 bits per heavy atom. The Morgan fingerprint density at radius 3 is 2.41 bits per heavy atom. The minimum atomic E-state index is -0.302. The lowest BCUT2D eigenvalue weighted by atomic mass is 10.0. The topological polar surface area (TPSA) is 55.1 Å². The van der Waals surface area contributed by atoms with Gasteiger partial charge in [0.05, 0.1) is 11.9 Å². The quantitative estimate of drug-likeness (QED) is 0.559. The summed E-state index contributed by atoms with van der Waals surface area (Å²) < 4.78 is 18.7. The number of para-hydroxylation sites is 1. The fourth-order valence-electron chi connectivity index (χ4n) is 2.78. The number of carbonyl (C=O) groups excluding carboxylic acids is 1. The third-order valence-corrected chi connectivity index (χ3v) is 5.05. The molecular weight excluding hydrogens is 363 g/mol. The Labute approximate surface area is 162 Å². The van der Waals surface area contributed by atoms with Gasteiger partial charge in [0.2, 0.25) is 5.91 Å². The molecule has 6 heteroatoms. The summed E-state index contributed by atoms with van der Waals surface area (Å²) in [5.41, 5.74) is 3.90. The van der Waals surface area contributed by atoms with Gasteiger partial charge in [-0.2, -0.15) is 0 Å². The summed E-state index contributed by atoms with van der Waals surface area (Å²) >= 11 is 1.23. The van der Waals surface area contributed by atoms with Crippen molar-refractivity contribution in [2.75, 3.05) is 11.1 Å². The molecule has 0 unspecified atom stereocenters. The molecule has 0 saturated heterocycles. The van der Waals surface area contributed by atoms with Crippen LogP contribution in [0.1, 0.15) is 25.0 Å².